The van der Waals surface area contributed by atoms with Gasteiger partial charge in [-0.05, 0) is 47.5 Å². The van der Waals surface area contributed by atoms with Crippen LogP contribution in [0.2, 0.25) is 0 Å². The van der Waals surface area contributed by atoms with Crippen molar-refractivity contribution in [2.24, 2.45) is 17.3 Å². The van der Waals surface area contributed by atoms with Crippen LogP contribution < -0.4 is 4.74 Å². The number of carbonyl (C=O) groups is 3. The van der Waals surface area contributed by atoms with Crippen molar-refractivity contribution in [2.45, 2.75) is 99.7 Å². The number of aliphatic hydroxyl groups excluding tert-OH is 3. The Kier molecular flexibility index (Phi) is 9.09. The van der Waals surface area contributed by atoms with Gasteiger partial charge in [0.2, 0.25) is 0 Å². The Morgan fingerprint density at radius 1 is 0.976 bits per heavy atom. The maximum Gasteiger partial charge on any atom is 0.183 e. The molecule has 0 spiro atoms. The normalized spacial score (nSPS) is 21.9. The number of ether oxygens (including phenoxy) is 1. The molecule has 230 valence electrons. The lowest BCUT2D eigenvalue weighted by Gasteiger charge is -2.41. The van der Waals surface area contributed by atoms with Gasteiger partial charge in [-0.3, -0.25) is 14.4 Å². The van der Waals surface area contributed by atoms with Crippen LogP contribution in [0.3, 0.4) is 0 Å². The number of Topliss-reactive ketones (excluding diaryl/α,β-unsaturated/α-hetero) is 3. The number of rotatable bonds is 9. The van der Waals surface area contributed by atoms with Crippen molar-refractivity contribution in [1.29, 1.82) is 0 Å². The molecule has 0 fully saturated rings. The first-order valence-corrected chi connectivity index (χ1v) is 14.4. The van der Waals surface area contributed by atoms with E-state index in [0.717, 1.165) is 5.57 Å². The summed E-state index contributed by atoms with van der Waals surface area (Å²) in [5.41, 5.74) is -2.59. The first-order valence-electron chi connectivity index (χ1n) is 14.4. The Hall–Kier alpha value is -3.59. The van der Waals surface area contributed by atoms with Gasteiger partial charge in [-0.15, -0.1) is 0 Å². The zero-order valence-electron chi connectivity index (χ0n) is 26.0. The maximum absolute atomic E-state index is 13.5. The average Bonchev–Trinajstić information content (AvgIpc) is 2.88. The molecule has 9 nitrogen and oxygen atoms in total. The fraction of sp³-hybridized carbons (Fsp3) is 0.545. The fourth-order valence-electron chi connectivity index (χ4n) is 5.40. The summed E-state index contributed by atoms with van der Waals surface area (Å²) in [6.45, 7) is 14.9. The highest BCUT2D eigenvalue weighted by Crippen LogP contribution is 2.51. The molecule has 0 unspecified atom stereocenters. The molecule has 1 aliphatic heterocycles. The first-order chi connectivity index (χ1) is 19.3. The molecule has 0 amide bonds. The van der Waals surface area contributed by atoms with E-state index in [9.17, 15) is 39.9 Å². The summed E-state index contributed by atoms with van der Waals surface area (Å²) in [7, 11) is 0. The number of phenolic OH excluding ortho intramolecular Hbond substituents is 2. The lowest BCUT2D eigenvalue weighted by atomic mass is 9.72. The minimum atomic E-state index is -1.58. The third kappa shape index (κ3) is 5.59. The maximum atomic E-state index is 13.5. The average molecular weight is 585 g/mol. The zero-order valence-corrected chi connectivity index (χ0v) is 26.0. The molecule has 2 atom stereocenters. The molecular formula is C33H44O9. The van der Waals surface area contributed by atoms with E-state index in [0.29, 0.717) is 12.8 Å². The second kappa shape index (κ2) is 11.6. The molecule has 9 heteroatoms. The number of ketones is 3. The highest BCUT2D eigenvalue weighted by molar-refractivity contribution is 6.24. The molecule has 0 saturated heterocycles. The third-order valence-electron chi connectivity index (χ3n) is 8.32. The largest absolute Gasteiger partial charge is 0.511 e. The highest BCUT2D eigenvalue weighted by Gasteiger charge is 2.47. The second-order valence-electron chi connectivity index (χ2n) is 13.0. The molecule has 0 radical (unpaired) electrons. The summed E-state index contributed by atoms with van der Waals surface area (Å²) in [4.78, 5) is 39.5. The number of carbonyl (C=O) groups excluding carboxylic acids is 3. The zero-order chi connectivity index (χ0) is 32.1. The van der Waals surface area contributed by atoms with Gasteiger partial charge >= 0.3 is 0 Å². The molecule has 42 heavy (non-hydrogen) atoms. The van der Waals surface area contributed by atoms with Crippen molar-refractivity contribution in [3.63, 3.8) is 0 Å². The Morgan fingerprint density at radius 2 is 1.55 bits per heavy atom. The molecule has 1 aromatic rings. The van der Waals surface area contributed by atoms with Crippen LogP contribution in [0.4, 0.5) is 0 Å². The minimum absolute atomic E-state index is 0.0229. The van der Waals surface area contributed by atoms with Crippen molar-refractivity contribution in [2.75, 3.05) is 0 Å². The lowest BCUT2D eigenvalue weighted by molar-refractivity contribution is -0.128. The van der Waals surface area contributed by atoms with Crippen LogP contribution in [0.5, 0.6) is 17.2 Å². The number of fused-ring (bicyclic) bond motifs is 1. The summed E-state index contributed by atoms with van der Waals surface area (Å²) >= 11 is 0. The predicted octanol–water partition coefficient (Wildman–Crippen LogP) is 5.74. The van der Waals surface area contributed by atoms with Gasteiger partial charge in [-0.1, -0.05) is 39.3 Å². The quantitative estimate of drug-likeness (QED) is 0.138. The molecule has 1 heterocycles. The Labute approximate surface area is 247 Å². The molecule has 1 aliphatic carbocycles. The molecule has 0 aromatic heterocycles. The predicted molar refractivity (Wildman–Crippen MR) is 158 cm³/mol. The monoisotopic (exact) mass is 584 g/mol. The summed E-state index contributed by atoms with van der Waals surface area (Å²) in [6, 6.07) is 0. The summed E-state index contributed by atoms with van der Waals surface area (Å²) in [6.07, 6.45) is 1.34. The van der Waals surface area contributed by atoms with Crippen LogP contribution in [0.15, 0.2) is 34.3 Å². The lowest BCUT2D eigenvalue weighted by Crippen LogP contribution is -2.49. The standard InChI is InChI=1S/C33H44O9/c1-15(2)11-10-12-33(9)21(34)14-19-26(37)18(27(38)22(29(19)42-33)24(35)16(3)4)13-20-28(39)23(25(36)17(5)6)31(41)32(7,8)30(20)40/h11,16-17,21,34,37-40H,10,12-14H2,1-9H3/t21-,33+/m1/s1. The molecule has 3 rings (SSSR count). The van der Waals surface area contributed by atoms with E-state index in [4.69, 9.17) is 4.74 Å². The summed E-state index contributed by atoms with van der Waals surface area (Å²) < 4.78 is 6.26. The highest BCUT2D eigenvalue weighted by atomic mass is 16.5. The molecular weight excluding hydrogens is 540 g/mol. The van der Waals surface area contributed by atoms with E-state index < -0.39 is 81.3 Å². The smallest absolute Gasteiger partial charge is 0.183 e. The number of aliphatic hydroxyl groups is 3. The van der Waals surface area contributed by atoms with Gasteiger partial charge in [0.05, 0.1) is 11.5 Å². The first kappa shape index (κ1) is 32.9. The van der Waals surface area contributed by atoms with E-state index in [1.807, 2.05) is 19.9 Å². The number of allylic oxidation sites excluding steroid dienone is 5. The van der Waals surface area contributed by atoms with Gasteiger partial charge in [0.1, 0.15) is 45.5 Å². The van der Waals surface area contributed by atoms with Crippen LogP contribution in [-0.4, -0.2) is 54.6 Å². The Balaban J connectivity index is 2.27. The Bertz CT molecular complexity index is 1420. The molecule has 5 N–H and O–H groups in total. The van der Waals surface area contributed by atoms with Gasteiger partial charge < -0.3 is 30.3 Å². The van der Waals surface area contributed by atoms with Gasteiger partial charge in [-0.2, -0.15) is 0 Å². The van der Waals surface area contributed by atoms with Crippen molar-refractivity contribution in [3.05, 3.63) is 51.0 Å². The number of aromatic hydroxyl groups is 2. The molecule has 0 bridgehead atoms. The van der Waals surface area contributed by atoms with Crippen LogP contribution in [-0.2, 0) is 22.4 Å². The van der Waals surface area contributed by atoms with E-state index in [2.05, 4.69) is 0 Å². The summed E-state index contributed by atoms with van der Waals surface area (Å²) in [5, 5.41) is 56.3. The molecule has 1 aromatic carbocycles. The minimum Gasteiger partial charge on any atom is -0.511 e. The van der Waals surface area contributed by atoms with Crippen LogP contribution in [0.25, 0.3) is 0 Å². The van der Waals surface area contributed by atoms with Gasteiger partial charge in [0.25, 0.3) is 0 Å². The van der Waals surface area contributed by atoms with E-state index in [1.54, 1.807) is 34.6 Å². The van der Waals surface area contributed by atoms with Gasteiger partial charge in [-0.25, -0.2) is 0 Å². The van der Waals surface area contributed by atoms with Crippen LogP contribution in [0.1, 0.15) is 96.6 Å². The van der Waals surface area contributed by atoms with Crippen LogP contribution >= 0.6 is 0 Å². The van der Waals surface area contributed by atoms with Crippen molar-refractivity contribution < 1.29 is 44.7 Å². The van der Waals surface area contributed by atoms with E-state index in [-0.39, 0.29) is 34.4 Å². The topological polar surface area (TPSA) is 162 Å². The van der Waals surface area contributed by atoms with Crippen molar-refractivity contribution in [1.82, 2.24) is 0 Å². The molecule has 0 saturated carbocycles. The van der Waals surface area contributed by atoms with Crippen molar-refractivity contribution in [3.8, 4) is 17.2 Å². The van der Waals surface area contributed by atoms with E-state index >= 15 is 0 Å². The van der Waals surface area contributed by atoms with Crippen molar-refractivity contribution >= 4 is 17.3 Å². The summed E-state index contributed by atoms with van der Waals surface area (Å²) in [5.74, 6) is -5.42. The van der Waals surface area contributed by atoms with Crippen LogP contribution in [0, 0.1) is 17.3 Å². The third-order valence-corrected chi connectivity index (χ3v) is 8.32. The fourth-order valence-corrected chi connectivity index (χ4v) is 5.40. The van der Waals surface area contributed by atoms with Gasteiger partial charge in [0.15, 0.2) is 17.3 Å². The number of hydrogen-bond acceptors (Lipinski definition) is 9. The van der Waals surface area contributed by atoms with E-state index in [1.165, 1.54) is 13.8 Å². The second-order valence-corrected chi connectivity index (χ2v) is 13.0. The number of phenols is 2. The molecule has 2 aliphatic rings. The SMILES string of the molecule is CC(C)=CCC[C@]1(C)Oc2c(c(O)c(CC3=C(O)C(C)(C)C(=O)C(C(=O)C(C)C)=C3O)c(O)c2C(=O)C(C)C)C[C@H]1O. The van der Waals surface area contributed by atoms with Gasteiger partial charge in [0, 0.05) is 41.4 Å². The Morgan fingerprint density at radius 3 is 2.07 bits per heavy atom. The number of hydrogen-bond donors (Lipinski definition) is 5. The number of benzene rings is 1.